The van der Waals surface area contributed by atoms with Crippen LogP contribution in [0.1, 0.15) is 24.0 Å². The van der Waals surface area contributed by atoms with Gasteiger partial charge >= 0.3 is 0 Å². The number of piperidine rings is 1. The number of fused-ring (bicyclic) bond motifs is 1. The molecule has 174 valence electrons. The summed E-state index contributed by atoms with van der Waals surface area (Å²) >= 11 is 0. The van der Waals surface area contributed by atoms with E-state index in [1.54, 1.807) is 11.6 Å². The summed E-state index contributed by atoms with van der Waals surface area (Å²) < 4.78 is 7.02. The highest BCUT2D eigenvalue weighted by atomic mass is 16.5. The molecule has 5 rings (SSSR count). The van der Waals surface area contributed by atoms with E-state index in [0.29, 0.717) is 18.0 Å². The molecule has 0 saturated carbocycles. The quantitative estimate of drug-likeness (QED) is 0.477. The Balaban J connectivity index is 1.23. The number of methoxy groups -OCH3 is 1. The molecule has 0 unspecified atom stereocenters. The van der Waals surface area contributed by atoms with Crippen molar-refractivity contribution in [1.82, 2.24) is 25.1 Å². The van der Waals surface area contributed by atoms with Gasteiger partial charge in [-0.25, -0.2) is 0 Å². The van der Waals surface area contributed by atoms with E-state index < -0.39 is 0 Å². The largest absolute Gasteiger partial charge is 0.497 e. The molecule has 4 aromatic rings. The number of carbonyl (C=O) groups is 1. The maximum Gasteiger partial charge on any atom is 0.223 e. The normalized spacial score (nSPS) is 14.4. The van der Waals surface area contributed by atoms with Gasteiger partial charge in [0.05, 0.1) is 7.11 Å². The Bertz CT molecular complexity index is 1280. The van der Waals surface area contributed by atoms with Crippen LogP contribution in [0.25, 0.3) is 17.0 Å². The molecule has 0 bridgehead atoms. The molecule has 1 aliphatic rings. The predicted molar refractivity (Wildman–Crippen MR) is 131 cm³/mol. The second kappa shape index (κ2) is 9.51. The maximum absolute atomic E-state index is 12.7. The smallest absolute Gasteiger partial charge is 0.223 e. The number of hydrogen-bond acceptors (Lipinski definition) is 6. The molecule has 3 heterocycles. The summed E-state index contributed by atoms with van der Waals surface area (Å²) in [6, 6.07) is 19.9. The zero-order valence-corrected chi connectivity index (χ0v) is 19.4. The van der Waals surface area contributed by atoms with Gasteiger partial charge in [0.1, 0.15) is 11.6 Å². The van der Waals surface area contributed by atoms with E-state index in [0.717, 1.165) is 48.6 Å². The first-order valence-corrected chi connectivity index (χ1v) is 11.6. The highest BCUT2D eigenvalue weighted by Gasteiger charge is 2.26. The van der Waals surface area contributed by atoms with Gasteiger partial charge in [0.25, 0.3) is 0 Å². The van der Waals surface area contributed by atoms with Gasteiger partial charge in [0.15, 0.2) is 11.5 Å². The molecule has 1 fully saturated rings. The Morgan fingerprint density at radius 2 is 1.74 bits per heavy atom. The number of aryl methyl sites for hydroxylation is 1. The molecule has 34 heavy (non-hydrogen) atoms. The van der Waals surface area contributed by atoms with Crippen molar-refractivity contribution in [3.05, 3.63) is 71.8 Å². The molecule has 0 spiro atoms. The van der Waals surface area contributed by atoms with E-state index in [1.807, 2.05) is 36.4 Å². The van der Waals surface area contributed by atoms with E-state index >= 15 is 0 Å². The third-order valence-electron chi connectivity index (χ3n) is 6.37. The fraction of sp³-hybridized carbons (Fsp3) is 0.308. The first-order chi connectivity index (χ1) is 16.6. The van der Waals surface area contributed by atoms with Gasteiger partial charge in [-0.05, 0) is 61.7 Å². The van der Waals surface area contributed by atoms with E-state index in [1.165, 1.54) is 5.56 Å². The Kier molecular flexibility index (Phi) is 6.12. The summed E-state index contributed by atoms with van der Waals surface area (Å²) in [6.07, 6.45) is 1.60. The van der Waals surface area contributed by atoms with Crippen molar-refractivity contribution in [3.8, 4) is 17.1 Å². The topological polar surface area (TPSA) is 84.7 Å². The SMILES string of the molecule is COc1ccc(-c2nnc3ccc(N4CCC(C(=O)NCc5ccc(C)cc5)CC4)nn23)cc1. The Labute approximate surface area is 198 Å². The van der Waals surface area contributed by atoms with Crippen molar-refractivity contribution >= 4 is 17.4 Å². The predicted octanol–water partition coefficient (Wildman–Crippen LogP) is 3.64. The van der Waals surface area contributed by atoms with Gasteiger partial charge in [-0.15, -0.1) is 15.3 Å². The molecule has 1 N–H and O–H groups in total. The molecule has 1 amide bonds. The number of carbonyl (C=O) groups excluding carboxylic acids is 1. The third-order valence-corrected chi connectivity index (χ3v) is 6.37. The van der Waals surface area contributed by atoms with Crippen molar-refractivity contribution in [2.24, 2.45) is 5.92 Å². The Hall–Kier alpha value is -3.94. The van der Waals surface area contributed by atoms with Crippen LogP contribution in [0.2, 0.25) is 0 Å². The van der Waals surface area contributed by atoms with E-state index in [2.05, 4.69) is 51.6 Å². The van der Waals surface area contributed by atoms with Gasteiger partial charge in [-0.1, -0.05) is 29.8 Å². The first kappa shape index (κ1) is 21.9. The van der Waals surface area contributed by atoms with Gasteiger partial charge in [-0.2, -0.15) is 4.52 Å². The molecule has 0 atom stereocenters. The zero-order chi connectivity index (χ0) is 23.5. The lowest BCUT2D eigenvalue weighted by molar-refractivity contribution is -0.125. The first-order valence-electron chi connectivity index (χ1n) is 11.6. The van der Waals surface area contributed by atoms with Gasteiger partial charge < -0.3 is 15.0 Å². The molecule has 2 aromatic carbocycles. The van der Waals surface area contributed by atoms with Gasteiger partial charge in [0, 0.05) is 31.1 Å². The van der Waals surface area contributed by atoms with Crippen molar-refractivity contribution in [2.75, 3.05) is 25.1 Å². The minimum atomic E-state index is 0.0233. The fourth-order valence-corrected chi connectivity index (χ4v) is 4.28. The maximum atomic E-state index is 12.7. The zero-order valence-electron chi connectivity index (χ0n) is 19.4. The second-order valence-electron chi connectivity index (χ2n) is 8.68. The monoisotopic (exact) mass is 456 g/mol. The lowest BCUT2D eigenvalue weighted by atomic mass is 9.96. The summed E-state index contributed by atoms with van der Waals surface area (Å²) in [5.74, 6) is 2.49. The second-order valence-corrected chi connectivity index (χ2v) is 8.68. The molecule has 0 aliphatic carbocycles. The molecule has 0 radical (unpaired) electrons. The van der Waals surface area contributed by atoms with Crippen molar-refractivity contribution in [3.63, 3.8) is 0 Å². The van der Waals surface area contributed by atoms with E-state index in [4.69, 9.17) is 9.84 Å². The number of benzene rings is 2. The number of nitrogens with zero attached hydrogens (tertiary/aromatic N) is 5. The number of rotatable bonds is 6. The number of nitrogens with one attached hydrogen (secondary N) is 1. The Morgan fingerprint density at radius 1 is 1.00 bits per heavy atom. The highest BCUT2D eigenvalue weighted by Crippen LogP contribution is 2.25. The highest BCUT2D eigenvalue weighted by molar-refractivity contribution is 5.79. The molecule has 8 heteroatoms. The van der Waals surface area contributed by atoms with Crippen LogP contribution in [0.4, 0.5) is 5.82 Å². The summed E-state index contributed by atoms with van der Waals surface area (Å²) in [5.41, 5.74) is 3.95. The van der Waals surface area contributed by atoms with E-state index in [9.17, 15) is 4.79 Å². The molecular formula is C26H28N6O2. The summed E-state index contributed by atoms with van der Waals surface area (Å²) in [5, 5.41) is 16.5. The number of aromatic nitrogens is 4. The molecule has 1 aliphatic heterocycles. The average Bonchev–Trinajstić information content (AvgIpc) is 3.31. The number of anilines is 1. The van der Waals surface area contributed by atoms with Crippen molar-refractivity contribution < 1.29 is 9.53 Å². The van der Waals surface area contributed by atoms with Crippen LogP contribution in [0.3, 0.4) is 0 Å². The average molecular weight is 457 g/mol. The van der Waals surface area contributed by atoms with Gasteiger partial charge in [-0.3, -0.25) is 4.79 Å². The van der Waals surface area contributed by atoms with Crippen LogP contribution in [0.5, 0.6) is 5.75 Å². The van der Waals surface area contributed by atoms with Crippen LogP contribution in [0.15, 0.2) is 60.7 Å². The minimum absolute atomic E-state index is 0.0233. The standard InChI is InChI=1S/C26H28N6O2/c1-18-3-5-19(6-4-18)17-27-26(33)21-13-15-31(16-14-21)24-12-11-23-28-29-25(32(23)30-24)20-7-9-22(34-2)10-8-20/h3-12,21H,13-17H2,1-2H3,(H,27,33). The summed E-state index contributed by atoms with van der Waals surface area (Å²) in [4.78, 5) is 14.9. The van der Waals surface area contributed by atoms with Crippen LogP contribution in [-0.2, 0) is 11.3 Å². The number of amides is 1. The van der Waals surface area contributed by atoms with E-state index in [-0.39, 0.29) is 11.8 Å². The molecule has 8 nitrogen and oxygen atoms in total. The lowest BCUT2D eigenvalue weighted by Crippen LogP contribution is -2.40. The minimum Gasteiger partial charge on any atom is -0.497 e. The van der Waals surface area contributed by atoms with Crippen LogP contribution in [-0.4, -0.2) is 45.9 Å². The summed E-state index contributed by atoms with van der Waals surface area (Å²) in [6.45, 7) is 4.19. The number of ether oxygens (including phenoxy) is 1. The van der Waals surface area contributed by atoms with Crippen LogP contribution in [0, 0.1) is 12.8 Å². The summed E-state index contributed by atoms with van der Waals surface area (Å²) in [7, 11) is 1.65. The van der Waals surface area contributed by atoms with Crippen LogP contribution < -0.4 is 15.0 Å². The van der Waals surface area contributed by atoms with Crippen molar-refractivity contribution in [2.45, 2.75) is 26.3 Å². The molecule has 1 saturated heterocycles. The third kappa shape index (κ3) is 4.57. The molecular weight excluding hydrogens is 428 g/mol. The lowest BCUT2D eigenvalue weighted by Gasteiger charge is -2.32. The molecule has 2 aromatic heterocycles. The van der Waals surface area contributed by atoms with Gasteiger partial charge in [0.2, 0.25) is 5.91 Å². The van der Waals surface area contributed by atoms with Crippen molar-refractivity contribution in [1.29, 1.82) is 0 Å². The Morgan fingerprint density at radius 3 is 2.44 bits per heavy atom. The number of hydrogen-bond donors (Lipinski definition) is 1. The fourth-order valence-electron chi connectivity index (χ4n) is 4.28. The van der Waals surface area contributed by atoms with Crippen LogP contribution >= 0.6 is 0 Å².